The SMILES string of the molecule is CCNC(Cc1ccc(Br)cc1F)c1coc(C)c1. The highest BCUT2D eigenvalue weighted by molar-refractivity contribution is 9.10. The Labute approximate surface area is 121 Å². The van der Waals surface area contributed by atoms with Crippen molar-refractivity contribution in [2.24, 2.45) is 0 Å². The van der Waals surface area contributed by atoms with Gasteiger partial charge in [0.05, 0.1) is 6.26 Å². The summed E-state index contributed by atoms with van der Waals surface area (Å²) < 4.78 is 20.0. The number of hydrogen-bond acceptors (Lipinski definition) is 2. The molecule has 0 aliphatic carbocycles. The molecule has 0 saturated carbocycles. The van der Waals surface area contributed by atoms with Crippen LogP contribution < -0.4 is 5.32 Å². The zero-order chi connectivity index (χ0) is 13.8. The Kier molecular flexibility index (Phi) is 4.77. The largest absolute Gasteiger partial charge is 0.469 e. The van der Waals surface area contributed by atoms with E-state index in [-0.39, 0.29) is 11.9 Å². The number of likely N-dealkylation sites (N-methyl/N-ethyl adjacent to an activating group) is 1. The molecule has 1 aromatic heterocycles. The van der Waals surface area contributed by atoms with E-state index >= 15 is 0 Å². The van der Waals surface area contributed by atoms with Crippen molar-refractivity contribution in [3.05, 3.63) is 57.7 Å². The van der Waals surface area contributed by atoms with Crippen LogP contribution in [0.15, 0.2) is 39.4 Å². The molecule has 0 saturated heterocycles. The van der Waals surface area contributed by atoms with Crippen LogP contribution >= 0.6 is 15.9 Å². The van der Waals surface area contributed by atoms with Crippen molar-refractivity contribution in [3.8, 4) is 0 Å². The molecule has 0 aliphatic heterocycles. The third-order valence-corrected chi connectivity index (χ3v) is 3.54. The molecule has 1 N–H and O–H groups in total. The molecular formula is C15H17BrFNO. The summed E-state index contributed by atoms with van der Waals surface area (Å²) in [6.07, 6.45) is 2.34. The Balaban J connectivity index is 2.21. The quantitative estimate of drug-likeness (QED) is 0.882. The maximum atomic E-state index is 13.9. The van der Waals surface area contributed by atoms with Crippen LogP contribution in [0.25, 0.3) is 0 Å². The van der Waals surface area contributed by atoms with Crippen molar-refractivity contribution < 1.29 is 8.81 Å². The molecule has 1 unspecified atom stereocenters. The zero-order valence-corrected chi connectivity index (χ0v) is 12.6. The van der Waals surface area contributed by atoms with E-state index in [1.165, 1.54) is 6.07 Å². The normalized spacial score (nSPS) is 12.6. The minimum absolute atomic E-state index is 0.0677. The van der Waals surface area contributed by atoms with Gasteiger partial charge in [-0.2, -0.15) is 0 Å². The van der Waals surface area contributed by atoms with Gasteiger partial charge >= 0.3 is 0 Å². The molecular weight excluding hydrogens is 309 g/mol. The van der Waals surface area contributed by atoms with Crippen LogP contribution in [-0.2, 0) is 6.42 Å². The number of hydrogen-bond donors (Lipinski definition) is 1. The van der Waals surface area contributed by atoms with E-state index in [2.05, 4.69) is 21.2 Å². The number of nitrogens with one attached hydrogen (secondary N) is 1. The third kappa shape index (κ3) is 3.67. The summed E-state index contributed by atoms with van der Waals surface area (Å²) in [4.78, 5) is 0. The highest BCUT2D eigenvalue weighted by Crippen LogP contribution is 2.23. The first-order chi connectivity index (χ1) is 9.10. The van der Waals surface area contributed by atoms with Gasteiger partial charge in [0.25, 0.3) is 0 Å². The van der Waals surface area contributed by atoms with Gasteiger partial charge in [-0.25, -0.2) is 4.39 Å². The Bertz CT molecular complexity index is 553. The van der Waals surface area contributed by atoms with Crippen LogP contribution in [0.5, 0.6) is 0 Å². The molecule has 0 fully saturated rings. The average Bonchev–Trinajstić information content (AvgIpc) is 2.78. The number of furan rings is 1. The van der Waals surface area contributed by atoms with Crippen LogP contribution in [-0.4, -0.2) is 6.54 Å². The molecule has 19 heavy (non-hydrogen) atoms. The van der Waals surface area contributed by atoms with Crippen LogP contribution in [0.4, 0.5) is 4.39 Å². The lowest BCUT2D eigenvalue weighted by molar-refractivity contribution is 0.504. The second-order valence-corrected chi connectivity index (χ2v) is 5.46. The summed E-state index contributed by atoms with van der Waals surface area (Å²) in [7, 11) is 0. The molecule has 0 amide bonds. The fraction of sp³-hybridized carbons (Fsp3) is 0.333. The molecule has 0 bridgehead atoms. The number of benzene rings is 1. The van der Waals surface area contributed by atoms with Crippen molar-refractivity contribution in [3.63, 3.8) is 0 Å². The molecule has 102 valence electrons. The number of rotatable bonds is 5. The maximum Gasteiger partial charge on any atom is 0.127 e. The maximum absolute atomic E-state index is 13.9. The van der Waals surface area contributed by atoms with Gasteiger partial charge < -0.3 is 9.73 Å². The van der Waals surface area contributed by atoms with E-state index in [1.807, 2.05) is 32.0 Å². The summed E-state index contributed by atoms with van der Waals surface area (Å²) in [5, 5.41) is 3.36. The fourth-order valence-corrected chi connectivity index (χ4v) is 2.44. The minimum atomic E-state index is -0.183. The average molecular weight is 326 g/mol. The van der Waals surface area contributed by atoms with Crippen LogP contribution in [0.3, 0.4) is 0 Å². The second kappa shape index (κ2) is 6.35. The number of halogens is 2. The first-order valence-electron chi connectivity index (χ1n) is 6.32. The Hall–Kier alpha value is -1.13. The molecule has 2 rings (SSSR count). The molecule has 1 atom stereocenters. The van der Waals surface area contributed by atoms with Crippen molar-refractivity contribution in [1.82, 2.24) is 5.32 Å². The van der Waals surface area contributed by atoms with E-state index in [9.17, 15) is 4.39 Å². The highest BCUT2D eigenvalue weighted by Gasteiger charge is 2.15. The van der Waals surface area contributed by atoms with E-state index in [0.29, 0.717) is 12.0 Å². The first-order valence-corrected chi connectivity index (χ1v) is 7.11. The third-order valence-electron chi connectivity index (χ3n) is 3.04. The summed E-state index contributed by atoms with van der Waals surface area (Å²) in [5.74, 6) is 0.687. The molecule has 2 nitrogen and oxygen atoms in total. The van der Waals surface area contributed by atoms with Gasteiger partial charge in [-0.15, -0.1) is 0 Å². The van der Waals surface area contributed by atoms with Gasteiger partial charge in [-0.1, -0.05) is 28.9 Å². The smallest absolute Gasteiger partial charge is 0.127 e. The van der Waals surface area contributed by atoms with E-state index in [0.717, 1.165) is 22.3 Å². The van der Waals surface area contributed by atoms with E-state index in [4.69, 9.17) is 4.42 Å². The van der Waals surface area contributed by atoms with Gasteiger partial charge in [0.2, 0.25) is 0 Å². The monoisotopic (exact) mass is 325 g/mol. The summed E-state index contributed by atoms with van der Waals surface area (Å²) in [6, 6.07) is 7.24. The summed E-state index contributed by atoms with van der Waals surface area (Å²) in [6.45, 7) is 4.78. The Morgan fingerprint density at radius 2 is 2.16 bits per heavy atom. The molecule has 4 heteroatoms. The van der Waals surface area contributed by atoms with Gasteiger partial charge in [-0.3, -0.25) is 0 Å². The van der Waals surface area contributed by atoms with Crippen LogP contribution in [0, 0.1) is 12.7 Å². The first kappa shape index (κ1) is 14.3. The molecule has 1 aromatic carbocycles. The van der Waals surface area contributed by atoms with Crippen molar-refractivity contribution in [1.29, 1.82) is 0 Å². The predicted octanol–water partition coefficient (Wildman–Crippen LogP) is 4.38. The molecule has 2 aromatic rings. The zero-order valence-electron chi connectivity index (χ0n) is 11.0. The summed E-state index contributed by atoms with van der Waals surface area (Å²) in [5.41, 5.74) is 1.76. The van der Waals surface area contributed by atoms with E-state index in [1.54, 1.807) is 6.26 Å². The predicted molar refractivity (Wildman–Crippen MR) is 77.7 cm³/mol. The number of aryl methyl sites for hydroxylation is 1. The second-order valence-electron chi connectivity index (χ2n) is 4.54. The van der Waals surface area contributed by atoms with Gasteiger partial charge in [0, 0.05) is 16.1 Å². The topological polar surface area (TPSA) is 25.2 Å². The lowest BCUT2D eigenvalue weighted by atomic mass is 10.0. The van der Waals surface area contributed by atoms with Gasteiger partial charge in [-0.05, 0) is 43.7 Å². The molecule has 0 radical (unpaired) electrons. The Morgan fingerprint density at radius 1 is 1.37 bits per heavy atom. The van der Waals surface area contributed by atoms with Crippen molar-refractivity contribution in [2.45, 2.75) is 26.3 Å². The van der Waals surface area contributed by atoms with Gasteiger partial charge in [0.15, 0.2) is 0 Å². The van der Waals surface area contributed by atoms with Crippen molar-refractivity contribution in [2.75, 3.05) is 6.54 Å². The van der Waals surface area contributed by atoms with Crippen LogP contribution in [0.2, 0.25) is 0 Å². The lowest BCUT2D eigenvalue weighted by Crippen LogP contribution is -2.22. The summed E-state index contributed by atoms with van der Waals surface area (Å²) >= 11 is 3.27. The minimum Gasteiger partial charge on any atom is -0.469 e. The standard InChI is InChI=1S/C15H17BrFNO/c1-3-18-15(12-6-10(2)19-9-12)7-11-4-5-13(16)8-14(11)17/h4-6,8-9,15,18H,3,7H2,1-2H3. The van der Waals surface area contributed by atoms with Crippen molar-refractivity contribution >= 4 is 15.9 Å². The fourth-order valence-electron chi connectivity index (χ4n) is 2.11. The lowest BCUT2D eigenvalue weighted by Gasteiger charge is -2.16. The molecule has 1 heterocycles. The van der Waals surface area contributed by atoms with Crippen LogP contribution in [0.1, 0.15) is 29.9 Å². The molecule has 0 aliphatic rings. The van der Waals surface area contributed by atoms with E-state index < -0.39 is 0 Å². The highest BCUT2D eigenvalue weighted by atomic mass is 79.9. The van der Waals surface area contributed by atoms with Gasteiger partial charge in [0.1, 0.15) is 11.6 Å². The Morgan fingerprint density at radius 3 is 2.74 bits per heavy atom. The molecule has 0 spiro atoms.